The largest absolute Gasteiger partial charge is 0.492 e. The molecule has 3 aromatic rings. The molecular formula is C25H26N2O4S. The van der Waals surface area contributed by atoms with Gasteiger partial charge in [-0.15, -0.1) is 0 Å². The summed E-state index contributed by atoms with van der Waals surface area (Å²) in [5.41, 5.74) is 3.55. The van der Waals surface area contributed by atoms with Crippen LogP contribution in [0.25, 0.3) is 0 Å². The monoisotopic (exact) mass is 450 g/mol. The maximum Gasteiger partial charge on any atom is 0.264 e. The molecule has 166 valence electrons. The van der Waals surface area contributed by atoms with Crippen molar-refractivity contribution in [1.82, 2.24) is 0 Å². The molecule has 0 radical (unpaired) electrons. The van der Waals surface area contributed by atoms with Crippen LogP contribution in [-0.2, 0) is 16.4 Å². The molecule has 0 bridgehead atoms. The molecule has 0 saturated heterocycles. The number of hydrogen-bond acceptors (Lipinski definition) is 4. The predicted molar refractivity (Wildman–Crippen MR) is 126 cm³/mol. The highest BCUT2D eigenvalue weighted by molar-refractivity contribution is 7.92. The van der Waals surface area contributed by atoms with Gasteiger partial charge in [-0.05, 0) is 74.7 Å². The first kappa shape index (κ1) is 21.9. The lowest BCUT2D eigenvalue weighted by Gasteiger charge is -2.30. The van der Waals surface area contributed by atoms with E-state index in [0.717, 1.165) is 11.1 Å². The zero-order chi connectivity index (χ0) is 22.7. The molecule has 0 spiro atoms. The average molecular weight is 451 g/mol. The van der Waals surface area contributed by atoms with Gasteiger partial charge in [-0.2, -0.15) is 0 Å². The Labute approximate surface area is 188 Å². The standard InChI is InChI=1S/C25H26N2O4S/c1-3-31-24-9-5-4-8-22(24)26-25(28)20-12-15-23-19(17-20)7-6-16-27(23)32(29,30)21-13-10-18(2)11-14-21/h4-5,8-15,17H,3,6-7,16H2,1-2H3,(H,26,28). The summed E-state index contributed by atoms with van der Waals surface area (Å²) in [6, 6.07) is 19.3. The van der Waals surface area contributed by atoms with Crippen LogP contribution in [0.15, 0.2) is 71.6 Å². The normalized spacial score (nSPS) is 13.4. The van der Waals surface area contributed by atoms with Gasteiger partial charge in [0.2, 0.25) is 0 Å². The summed E-state index contributed by atoms with van der Waals surface area (Å²) in [6.07, 6.45) is 1.41. The third-order valence-corrected chi connectivity index (χ3v) is 7.29. The van der Waals surface area contributed by atoms with Crippen molar-refractivity contribution in [2.75, 3.05) is 22.8 Å². The topological polar surface area (TPSA) is 75.7 Å². The Morgan fingerprint density at radius 3 is 2.56 bits per heavy atom. The third kappa shape index (κ3) is 4.34. The number of sulfonamides is 1. The summed E-state index contributed by atoms with van der Waals surface area (Å²) in [5.74, 6) is 0.343. The number of ether oxygens (including phenoxy) is 1. The minimum absolute atomic E-state index is 0.265. The molecule has 3 aromatic carbocycles. The van der Waals surface area contributed by atoms with E-state index in [1.165, 1.54) is 4.31 Å². The van der Waals surface area contributed by atoms with Crippen LogP contribution in [0.1, 0.15) is 34.8 Å². The molecule has 32 heavy (non-hydrogen) atoms. The van der Waals surface area contributed by atoms with Crippen LogP contribution in [0.5, 0.6) is 5.75 Å². The van der Waals surface area contributed by atoms with Crippen molar-refractivity contribution in [3.05, 3.63) is 83.4 Å². The molecule has 1 amide bonds. The number of aryl methyl sites for hydroxylation is 2. The van der Waals surface area contributed by atoms with E-state index >= 15 is 0 Å². The van der Waals surface area contributed by atoms with Crippen molar-refractivity contribution in [2.24, 2.45) is 0 Å². The molecule has 0 aromatic heterocycles. The second-order valence-corrected chi connectivity index (χ2v) is 9.58. The van der Waals surface area contributed by atoms with E-state index in [0.29, 0.717) is 48.7 Å². The number of amides is 1. The Kier molecular flexibility index (Phi) is 6.19. The van der Waals surface area contributed by atoms with Gasteiger partial charge in [0, 0.05) is 12.1 Å². The van der Waals surface area contributed by atoms with Crippen molar-refractivity contribution in [1.29, 1.82) is 0 Å². The molecule has 4 rings (SSSR count). The number of carbonyl (C=O) groups excluding carboxylic acids is 1. The minimum atomic E-state index is -3.67. The summed E-state index contributed by atoms with van der Waals surface area (Å²) in [4.78, 5) is 13.2. The molecule has 0 unspecified atom stereocenters. The first-order valence-electron chi connectivity index (χ1n) is 10.7. The highest BCUT2D eigenvalue weighted by Crippen LogP contribution is 2.33. The number of hydrogen-bond donors (Lipinski definition) is 1. The fourth-order valence-corrected chi connectivity index (χ4v) is 5.38. The number of nitrogens with zero attached hydrogens (tertiary/aromatic N) is 1. The Morgan fingerprint density at radius 1 is 1.06 bits per heavy atom. The Balaban J connectivity index is 1.61. The van der Waals surface area contributed by atoms with Crippen LogP contribution in [-0.4, -0.2) is 27.5 Å². The Morgan fingerprint density at radius 2 is 1.81 bits per heavy atom. The quantitative estimate of drug-likeness (QED) is 0.586. The van der Waals surface area contributed by atoms with Gasteiger partial charge in [-0.25, -0.2) is 8.42 Å². The van der Waals surface area contributed by atoms with Gasteiger partial charge in [0.1, 0.15) is 5.75 Å². The number of nitrogens with one attached hydrogen (secondary N) is 1. The molecule has 6 nitrogen and oxygen atoms in total. The number of carbonyl (C=O) groups is 1. The van der Waals surface area contributed by atoms with E-state index in [4.69, 9.17) is 4.74 Å². The summed E-state index contributed by atoms with van der Waals surface area (Å²) < 4.78 is 33.5. The molecule has 1 aliphatic heterocycles. The fraction of sp³-hybridized carbons (Fsp3) is 0.240. The van der Waals surface area contributed by atoms with Gasteiger partial charge >= 0.3 is 0 Å². The van der Waals surface area contributed by atoms with Crippen LogP contribution in [0.4, 0.5) is 11.4 Å². The number of rotatable bonds is 6. The molecule has 0 atom stereocenters. The van der Waals surface area contributed by atoms with Gasteiger partial charge in [0.15, 0.2) is 0 Å². The number of para-hydroxylation sites is 2. The molecule has 0 fully saturated rings. The van der Waals surface area contributed by atoms with Gasteiger partial charge in [-0.1, -0.05) is 29.8 Å². The van der Waals surface area contributed by atoms with Crippen molar-refractivity contribution >= 4 is 27.3 Å². The molecular weight excluding hydrogens is 424 g/mol. The molecule has 1 N–H and O–H groups in total. The Hall–Kier alpha value is -3.32. The Bertz CT molecular complexity index is 1240. The van der Waals surface area contributed by atoms with Crippen LogP contribution in [0, 0.1) is 6.92 Å². The van der Waals surface area contributed by atoms with E-state index in [1.807, 2.05) is 26.0 Å². The van der Waals surface area contributed by atoms with Crippen molar-refractivity contribution in [3.8, 4) is 5.75 Å². The summed E-state index contributed by atoms with van der Waals surface area (Å²) >= 11 is 0. The maximum absolute atomic E-state index is 13.3. The summed E-state index contributed by atoms with van der Waals surface area (Å²) in [7, 11) is -3.67. The number of fused-ring (bicyclic) bond motifs is 1. The van der Waals surface area contributed by atoms with Gasteiger partial charge in [-0.3, -0.25) is 9.10 Å². The molecule has 0 saturated carbocycles. The smallest absolute Gasteiger partial charge is 0.264 e. The van der Waals surface area contributed by atoms with E-state index in [-0.39, 0.29) is 10.8 Å². The second-order valence-electron chi connectivity index (χ2n) is 7.72. The molecule has 0 aliphatic carbocycles. The van der Waals surface area contributed by atoms with Crippen LogP contribution >= 0.6 is 0 Å². The maximum atomic E-state index is 13.3. The summed E-state index contributed by atoms with van der Waals surface area (Å²) in [5, 5.41) is 2.90. The lowest BCUT2D eigenvalue weighted by molar-refractivity contribution is 0.102. The van der Waals surface area contributed by atoms with E-state index in [1.54, 1.807) is 54.6 Å². The van der Waals surface area contributed by atoms with Crippen molar-refractivity contribution in [3.63, 3.8) is 0 Å². The van der Waals surface area contributed by atoms with Crippen LogP contribution in [0.2, 0.25) is 0 Å². The SMILES string of the molecule is CCOc1ccccc1NC(=O)c1ccc2c(c1)CCCN2S(=O)(=O)c1ccc(C)cc1. The van der Waals surface area contributed by atoms with Crippen molar-refractivity contribution in [2.45, 2.75) is 31.6 Å². The minimum Gasteiger partial charge on any atom is -0.492 e. The first-order valence-corrected chi connectivity index (χ1v) is 12.1. The zero-order valence-electron chi connectivity index (χ0n) is 18.2. The highest BCUT2D eigenvalue weighted by atomic mass is 32.2. The summed E-state index contributed by atoms with van der Waals surface area (Å²) in [6.45, 7) is 4.72. The average Bonchev–Trinajstić information content (AvgIpc) is 2.80. The van der Waals surface area contributed by atoms with E-state index in [2.05, 4.69) is 5.32 Å². The highest BCUT2D eigenvalue weighted by Gasteiger charge is 2.29. The first-order chi connectivity index (χ1) is 15.4. The van der Waals surface area contributed by atoms with Gasteiger partial charge in [0.25, 0.3) is 15.9 Å². The van der Waals surface area contributed by atoms with Crippen LogP contribution < -0.4 is 14.4 Å². The molecule has 1 aliphatic rings. The van der Waals surface area contributed by atoms with E-state index < -0.39 is 10.0 Å². The molecule has 7 heteroatoms. The number of anilines is 2. The lowest BCUT2D eigenvalue weighted by atomic mass is 10.0. The van der Waals surface area contributed by atoms with Crippen molar-refractivity contribution < 1.29 is 17.9 Å². The third-order valence-electron chi connectivity index (χ3n) is 5.46. The zero-order valence-corrected chi connectivity index (χ0v) is 19.0. The number of benzene rings is 3. The van der Waals surface area contributed by atoms with E-state index in [9.17, 15) is 13.2 Å². The lowest BCUT2D eigenvalue weighted by Crippen LogP contribution is -2.35. The van der Waals surface area contributed by atoms with Crippen LogP contribution in [0.3, 0.4) is 0 Å². The second kappa shape index (κ2) is 9.04. The van der Waals surface area contributed by atoms with Gasteiger partial charge in [0.05, 0.1) is 22.9 Å². The predicted octanol–water partition coefficient (Wildman–Crippen LogP) is 4.79. The molecule has 1 heterocycles. The van der Waals surface area contributed by atoms with Gasteiger partial charge < -0.3 is 10.1 Å². The fourth-order valence-electron chi connectivity index (χ4n) is 3.84.